The highest BCUT2D eigenvalue weighted by atomic mass is 16.5. The summed E-state index contributed by atoms with van der Waals surface area (Å²) >= 11 is 0. The zero-order valence-corrected chi connectivity index (χ0v) is 12.3. The number of carboxylic acids is 1. The van der Waals surface area contributed by atoms with E-state index in [-0.39, 0.29) is 24.5 Å². The summed E-state index contributed by atoms with van der Waals surface area (Å²) in [7, 11) is 0. The highest BCUT2D eigenvalue weighted by Crippen LogP contribution is 2.03. The molecule has 0 aromatic heterocycles. The van der Waals surface area contributed by atoms with Crippen LogP contribution in [0.2, 0.25) is 0 Å². The van der Waals surface area contributed by atoms with Crippen molar-refractivity contribution in [2.24, 2.45) is 0 Å². The van der Waals surface area contributed by atoms with Crippen molar-refractivity contribution in [3.8, 4) is 0 Å². The van der Waals surface area contributed by atoms with Crippen molar-refractivity contribution >= 4 is 12.0 Å². The molecule has 0 spiro atoms. The number of carbonyl (C=O) groups excluding carboxylic acids is 1. The van der Waals surface area contributed by atoms with Crippen LogP contribution in [0.3, 0.4) is 0 Å². The predicted molar refractivity (Wildman–Crippen MR) is 73.2 cm³/mol. The Labute approximate surface area is 115 Å². The van der Waals surface area contributed by atoms with Gasteiger partial charge in [-0.15, -0.1) is 0 Å². The number of hydrogen-bond acceptors (Lipinski definition) is 3. The third-order valence-corrected chi connectivity index (χ3v) is 2.62. The Balaban J connectivity index is 4.21. The van der Waals surface area contributed by atoms with Crippen LogP contribution in [-0.2, 0) is 9.53 Å². The van der Waals surface area contributed by atoms with Gasteiger partial charge in [-0.2, -0.15) is 0 Å². The third-order valence-electron chi connectivity index (χ3n) is 2.62. The summed E-state index contributed by atoms with van der Waals surface area (Å²) in [4.78, 5) is 24.2. The molecule has 6 nitrogen and oxygen atoms in total. The van der Waals surface area contributed by atoms with E-state index in [9.17, 15) is 9.59 Å². The van der Waals surface area contributed by atoms with E-state index in [1.807, 2.05) is 27.7 Å². The fraction of sp³-hybridized carbons (Fsp3) is 0.846. The minimum Gasteiger partial charge on any atom is -0.481 e. The van der Waals surface area contributed by atoms with Crippen LogP contribution in [0.15, 0.2) is 0 Å². The first-order chi connectivity index (χ1) is 8.88. The van der Waals surface area contributed by atoms with Crippen molar-refractivity contribution < 1.29 is 19.4 Å². The summed E-state index contributed by atoms with van der Waals surface area (Å²) in [5, 5.41) is 11.5. The lowest BCUT2D eigenvalue weighted by Gasteiger charge is -2.28. The van der Waals surface area contributed by atoms with E-state index in [1.54, 1.807) is 4.90 Å². The fourth-order valence-corrected chi connectivity index (χ4v) is 1.62. The first-order valence-electron chi connectivity index (χ1n) is 6.75. The fourth-order valence-electron chi connectivity index (χ4n) is 1.62. The molecule has 0 heterocycles. The lowest BCUT2D eigenvalue weighted by molar-refractivity contribution is -0.137. The minimum atomic E-state index is -0.839. The molecule has 1 unspecified atom stereocenters. The topological polar surface area (TPSA) is 78.9 Å². The maximum Gasteiger partial charge on any atom is 0.317 e. The quantitative estimate of drug-likeness (QED) is 0.670. The molecule has 0 aromatic rings. The summed E-state index contributed by atoms with van der Waals surface area (Å²) in [6, 6.07) is -0.200. The summed E-state index contributed by atoms with van der Waals surface area (Å²) < 4.78 is 5.24. The molecule has 0 saturated heterocycles. The van der Waals surface area contributed by atoms with Crippen molar-refractivity contribution in [2.75, 3.05) is 19.8 Å². The van der Waals surface area contributed by atoms with Crippen LogP contribution < -0.4 is 5.32 Å². The van der Waals surface area contributed by atoms with Crippen LogP contribution in [0.4, 0.5) is 4.79 Å². The van der Waals surface area contributed by atoms with Gasteiger partial charge in [0.25, 0.3) is 0 Å². The normalized spacial score (nSPS) is 12.3. The molecule has 2 N–H and O–H groups in total. The van der Waals surface area contributed by atoms with Crippen molar-refractivity contribution in [2.45, 2.75) is 52.6 Å². The molecule has 6 heteroatoms. The highest BCUT2D eigenvalue weighted by Gasteiger charge is 2.18. The standard InChI is InChI=1S/C13H26N2O4/c1-5-19-9-11(4)14-13(18)15(10(2)3)8-6-7-12(16)17/h10-11H,5-9H2,1-4H3,(H,14,18)(H,16,17). The molecule has 0 aliphatic carbocycles. The molecule has 0 fully saturated rings. The minimum absolute atomic E-state index is 0.0353. The second-order valence-corrected chi connectivity index (χ2v) is 4.79. The zero-order chi connectivity index (χ0) is 14.8. The van der Waals surface area contributed by atoms with Gasteiger partial charge >= 0.3 is 12.0 Å². The van der Waals surface area contributed by atoms with Crippen LogP contribution in [0.1, 0.15) is 40.5 Å². The number of urea groups is 1. The van der Waals surface area contributed by atoms with E-state index < -0.39 is 5.97 Å². The van der Waals surface area contributed by atoms with E-state index >= 15 is 0 Å². The van der Waals surface area contributed by atoms with Gasteiger partial charge in [0, 0.05) is 25.6 Å². The number of carbonyl (C=O) groups is 2. The molecular weight excluding hydrogens is 248 g/mol. The van der Waals surface area contributed by atoms with Crippen LogP contribution in [0, 0.1) is 0 Å². The maximum atomic E-state index is 12.0. The van der Waals surface area contributed by atoms with E-state index in [4.69, 9.17) is 9.84 Å². The lowest BCUT2D eigenvalue weighted by Crippen LogP contribution is -2.48. The second-order valence-electron chi connectivity index (χ2n) is 4.79. The lowest BCUT2D eigenvalue weighted by atomic mass is 10.2. The summed E-state index contributed by atoms with van der Waals surface area (Å²) in [5.41, 5.74) is 0. The van der Waals surface area contributed by atoms with Gasteiger partial charge in [0.2, 0.25) is 0 Å². The molecule has 0 bridgehead atoms. The van der Waals surface area contributed by atoms with Crippen LogP contribution in [0.25, 0.3) is 0 Å². The molecule has 0 aliphatic heterocycles. The average Bonchev–Trinajstić information content (AvgIpc) is 2.30. The highest BCUT2D eigenvalue weighted by molar-refractivity contribution is 5.75. The Hall–Kier alpha value is -1.30. The van der Waals surface area contributed by atoms with Crippen molar-refractivity contribution in [3.05, 3.63) is 0 Å². The van der Waals surface area contributed by atoms with Crippen LogP contribution >= 0.6 is 0 Å². The number of nitrogens with one attached hydrogen (secondary N) is 1. The number of carboxylic acid groups (broad SMARTS) is 1. The maximum absolute atomic E-state index is 12.0. The van der Waals surface area contributed by atoms with Gasteiger partial charge in [-0.05, 0) is 34.1 Å². The van der Waals surface area contributed by atoms with Gasteiger partial charge in [0.05, 0.1) is 12.6 Å². The Bertz CT molecular complexity index is 282. The van der Waals surface area contributed by atoms with Crippen LogP contribution in [-0.4, -0.2) is 53.8 Å². The third kappa shape index (κ3) is 8.42. The second kappa shape index (κ2) is 9.61. The van der Waals surface area contributed by atoms with E-state index in [2.05, 4.69) is 5.32 Å². The Kier molecular flexibility index (Phi) is 8.95. The summed E-state index contributed by atoms with van der Waals surface area (Å²) in [6.07, 6.45) is 0.534. The molecule has 0 aliphatic rings. The SMILES string of the molecule is CCOCC(C)NC(=O)N(CCCC(=O)O)C(C)C. The molecule has 0 radical (unpaired) electrons. The molecule has 0 rings (SSSR count). The van der Waals surface area contributed by atoms with Gasteiger partial charge in [-0.1, -0.05) is 0 Å². The van der Waals surface area contributed by atoms with Crippen molar-refractivity contribution in [1.82, 2.24) is 10.2 Å². The number of ether oxygens (including phenoxy) is 1. The van der Waals surface area contributed by atoms with Crippen molar-refractivity contribution in [1.29, 1.82) is 0 Å². The largest absolute Gasteiger partial charge is 0.481 e. The predicted octanol–water partition coefficient (Wildman–Crippen LogP) is 1.70. The molecule has 112 valence electrons. The first kappa shape index (κ1) is 17.7. The Morgan fingerprint density at radius 1 is 1.32 bits per heavy atom. The van der Waals surface area contributed by atoms with Crippen LogP contribution in [0.5, 0.6) is 0 Å². The van der Waals surface area contributed by atoms with E-state index in [0.717, 1.165) is 0 Å². The molecule has 1 atom stereocenters. The Morgan fingerprint density at radius 3 is 2.42 bits per heavy atom. The molecule has 2 amide bonds. The molecule has 19 heavy (non-hydrogen) atoms. The number of hydrogen-bond donors (Lipinski definition) is 2. The van der Waals surface area contributed by atoms with Gasteiger partial charge in [0.1, 0.15) is 0 Å². The first-order valence-corrected chi connectivity index (χ1v) is 6.75. The summed E-state index contributed by atoms with van der Waals surface area (Å²) in [5.74, 6) is -0.839. The number of aliphatic carboxylic acids is 1. The number of amides is 2. The molecule has 0 saturated carbocycles. The average molecular weight is 274 g/mol. The number of nitrogens with zero attached hydrogens (tertiary/aromatic N) is 1. The van der Waals surface area contributed by atoms with Gasteiger partial charge in [0.15, 0.2) is 0 Å². The monoisotopic (exact) mass is 274 g/mol. The van der Waals surface area contributed by atoms with Gasteiger partial charge in [-0.3, -0.25) is 4.79 Å². The van der Waals surface area contributed by atoms with Gasteiger partial charge < -0.3 is 20.1 Å². The van der Waals surface area contributed by atoms with E-state index in [0.29, 0.717) is 26.2 Å². The van der Waals surface area contributed by atoms with E-state index in [1.165, 1.54) is 0 Å². The van der Waals surface area contributed by atoms with Gasteiger partial charge in [-0.25, -0.2) is 4.79 Å². The number of rotatable bonds is 9. The Morgan fingerprint density at radius 2 is 1.95 bits per heavy atom. The molecule has 0 aromatic carbocycles. The summed E-state index contributed by atoms with van der Waals surface area (Å²) in [6.45, 7) is 9.14. The smallest absolute Gasteiger partial charge is 0.317 e. The van der Waals surface area contributed by atoms with Crippen molar-refractivity contribution in [3.63, 3.8) is 0 Å². The molecular formula is C13H26N2O4. The zero-order valence-electron chi connectivity index (χ0n) is 12.3.